The molecule has 2 fully saturated rings. The third kappa shape index (κ3) is 3.48. The standard InChI is InChI=1S/C10H18N2O6S2/c13-10(14)7-11-2-4-12(5-3-11)20(17,18)9-1-6-19(15,16)8-9/h9H,1-8H2,(H,13,14). The molecule has 0 bridgehead atoms. The Hall–Kier alpha value is -0.710. The monoisotopic (exact) mass is 326 g/mol. The summed E-state index contributed by atoms with van der Waals surface area (Å²) in [5.41, 5.74) is 0. The van der Waals surface area contributed by atoms with Crippen LogP contribution in [0.5, 0.6) is 0 Å². The van der Waals surface area contributed by atoms with Gasteiger partial charge in [0.25, 0.3) is 0 Å². The Balaban J connectivity index is 1.97. The molecule has 2 aliphatic heterocycles. The predicted molar refractivity (Wildman–Crippen MR) is 71.6 cm³/mol. The summed E-state index contributed by atoms with van der Waals surface area (Å²) in [5.74, 6) is -1.32. The third-order valence-electron chi connectivity index (χ3n) is 3.66. The summed E-state index contributed by atoms with van der Waals surface area (Å²) in [6.45, 7) is 1.03. The highest BCUT2D eigenvalue weighted by Gasteiger charge is 2.41. The fourth-order valence-electron chi connectivity index (χ4n) is 2.54. The van der Waals surface area contributed by atoms with Gasteiger partial charge in [-0.1, -0.05) is 0 Å². The maximum atomic E-state index is 12.3. The summed E-state index contributed by atoms with van der Waals surface area (Å²) in [6, 6.07) is 0. The number of sulfone groups is 1. The first-order valence-corrected chi connectivity index (χ1v) is 9.67. The van der Waals surface area contributed by atoms with Gasteiger partial charge in [-0.3, -0.25) is 9.69 Å². The van der Waals surface area contributed by atoms with Crippen molar-refractivity contribution in [1.29, 1.82) is 0 Å². The van der Waals surface area contributed by atoms with Crippen molar-refractivity contribution in [3.63, 3.8) is 0 Å². The van der Waals surface area contributed by atoms with E-state index in [2.05, 4.69) is 0 Å². The van der Waals surface area contributed by atoms with Crippen molar-refractivity contribution in [3.8, 4) is 0 Å². The highest BCUT2D eigenvalue weighted by Crippen LogP contribution is 2.23. The Morgan fingerprint density at radius 1 is 1.20 bits per heavy atom. The van der Waals surface area contributed by atoms with Gasteiger partial charge in [-0.15, -0.1) is 0 Å². The number of hydrogen-bond acceptors (Lipinski definition) is 6. The number of piperazine rings is 1. The first kappa shape index (κ1) is 15.7. The minimum atomic E-state index is -3.60. The molecule has 2 saturated heterocycles. The molecular formula is C10H18N2O6S2. The number of nitrogens with zero attached hydrogens (tertiary/aromatic N) is 2. The highest BCUT2D eigenvalue weighted by atomic mass is 32.2. The van der Waals surface area contributed by atoms with Gasteiger partial charge in [-0.25, -0.2) is 16.8 Å². The van der Waals surface area contributed by atoms with Crippen molar-refractivity contribution in [2.24, 2.45) is 0 Å². The maximum Gasteiger partial charge on any atom is 0.317 e. The second-order valence-electron chi connectivity index (χ2n) is 5.14. The van der Waals surface area contributed by atoms with Gasteiger partial charge in [0.05, 0.1) is 23.3 Å². The lowest BCUT2D eigenvalue weighted by atomic mass is 10.3. The van der Waals surface area contributed by atoms with E-state index in [4.69, 9.17) is 5.11 Å². The molecule has 10 heteroatoms. The van der Waals surface area contributed by atoms with Gasteiger partial charge in [0, 0.05) is 26.2 Å². The van der Waals surface area contributed by atoms with E-state index in [1.54, 1.807) is 4.90 Å². The molecule has 2 aliphatic rings. The second-order valence-corrected chi connectivity index (χ2v) is 9.58. The summed E-state index contributed by atoms with van der Waals surface area (Å²) < 4.78 is 48.7. The molecule has 116 valence electrons. The zero-order valence-electron chi connectivity index (χ0n) is 10.9. The number of sulfonamides is 1. The summed E-state index contributed by atoms with van der Waals surface area (Å²) >= 11 is 0. The average molecular weight is 326 g/mol. The molecule has 0 aromatic heterocycles. The van der Waals surface area contributed by atoms with E-state index in [9.17, 15) is 21.6 Å². The molecule has 0 saturated carbocycles. The van der Waals surface area contributed by atoms with Crippen LogP contribution in [0.4, 0.5) is 0 Å². The lowest BCUT2D eigenvalue weighted by Gasteiger charge is -2.34. The molecule has 1 unspecified atom stereocenters. The van der Waals surface area contributed by atoms with Gasteiger partial charge in [-0.2, -0.15) is 4.31 Å². The minimum Gasteiger partial charge on any atom is -0.480 e. The minimum absolute atomic E-state index is 0.0735. The molecular weight excluding hydrogens is 308 g/mol. The van der Waals surface area contributed by atoms with Crippen molar-refractivity contribution >= 4 is 25.8 Å². The topological polar surface area (TPSA) is 112 Å². The first-order chi connectivity index (χ1) is 9.21. The SMILES string of the molecule is O=C(O)CN1CCN(S(=O)(=O)C2CCS(=O)(=O)C2)CC1. The molecule has 20 heavy (non-hydrogen) atoms. The van der Waals surface area contributed by atoms with E-state index in [-0.39, 0.29) is 37.6 Å². The molecule has 2 rings (SSSR count). The van der Waals surface area contributed by atoms with Crippen LogP contribution in [-0.4, -0.2) is 86.6 Å². The smallest absolute Gasteiger partial charge is 0.317 e. The molecule has 8 nitrogen and oxygen atoms in total. The Labute approximate surface area is 118 Å². The van der Waals surface area contributed by atoms with E-state index in [0.717, 1.165) is 0 Å². The van der Waals surface area contributed by atoms with Crippen molar-refractivity contribution in [2.45, 2.75) is 11.7 Å². The molecule has 0 spiro atoms. The number of carbonyl (C=O) groups is 1. The number of carboxylic acid groups (broad SMARTS) is 1. The number of hydrogen-bond donors (Lipinski definition) is 1. The van der Waals surface area contributed by atoms with Crippen LogP contribution in [0.15, 0.2) is 0 Å². The number of rotatable bonds is 4. The van der Waals surface area contributed by atoms with Gasteiger partial charge >= 0.3 is 5.97 Å². The fraction of sp³-hybridized carbons (Fsp3) is 0.900. The van der Waals surface area contributed by atoms with Crippen molar-refractivity contribution < 1.29 is 26.7 Å². The first-order valence-electron chi connectivity index (χ1n) is 6.34. The predicted octanol–water partition coefficient (Wildman–Crippen LogP) is -1.79. The summed E-state index contributed by atoms with van der Waals surface area (Å²) in [7, 11) is -6.84. The highest BCUT2D eigenvalue weighted by molar-refractivity contribution is 7.95. The zero-order chi connectivity index (χ0) is 15.0. The van der Waals surface area contributed by atoms with Crippen molar-refractivity contribution in [2.75, 3.05) is 44.2 Å². The molecule has 1 atom stereocenters. The van der Waals surface area contributed by atoms with Crippen molar-refractivity contribution in [1.82, 2.24) is 9.21 Å². The van der Waals surface area contributed by atoms with Crippen LogP contribution in [0, 0.1) is 0 Å². The normalized spacial score (nSPS) is 28.5. The van der Waals surface area contributed by atoms with E-state index in [1.807, 2.05) is 0 Å². The Morgan fingerprint density at radius 3 is 2.25 bits per heavy atom. The zero-order valence-corrected chi connectivity index (χ0v) is 12.6. The lowest BCUT2D eigenvalue weighted by molar-refractivity contribution is -0.138. The molecule has 0 radical (unpaired) electrons. The molecule has 1 N–H and O–H groups in total. The van der Waals surface area contributed by atoms with E-state index < -0.39 is 31.1 Å². The van der Waals surface area contributed by atoms with Crippen LogP contribution in [-0.2, 0) is 24.7 Å². The van der Waals surface area contributed by atoms with Crippen LogP contribution < -0.4 is 0 Å². The van der Waals surface area contributed by atoms with Gasteiger partial charge in [0.1, 0.15) is 0 Å². The molecule has 0 amide bonds. The van der Waals surface area contributed by atoms with Gasteiger partial charge in [0.2, 0.25) is 10.0 Å². The lowest BCUT2D eigenvalue weighted by Crippen LogP contribution is -2.52. The third-order valence-corrected chi connectivity index (χ3v) is 7.97. The maximum absolute atomic E-state index is 12.3. The van der Waals surface area contributed by atoms with Crippen LogP contribution in [0.2, 0.25) is 0 Å². The second kappa shape index (κ2) is 5.58. The van der Waals surface area contributed by atoms with E-state index in [1.165, 1.54) is 4.31 Å². The van der Waals surface area contributed by atoms with E-state index >= 15 is 0 Å². The quantitative estimate of drug-likeness (QED) is 0.649. The summed E-state index contributed by atoms with van der Waals surface area (Å²) in [6.07, 6.45) is 0.153. The molecule has 2 heterocycles. The largest absolute Gasteiger partial charge is 0.480 e. The Morgan fingerprint density at radius 2 is 1.80 bits per heavy atom. The Kier molecular flexibility index (Phi) is 4.38. The van der Waals surface area contributed by atoms with E-state index in [0.29, 0.717) is 13.1 Å². The summed E-state index contributed by atoms with van der Waals surface area (Å²) in [4.78, 5) is 12.3. The molecule has 0 aromatic rings. The van der Waals surface area contributed by atoms with Crippen molar-refractivity contribution in [3.05, 3.63) is 0 Å². The van der Waals surface area contributed by atoms with Gasteiger partial charge in [-0.05, 0) is 6.42 Å². The van der Waals surface area contributed by atoms with Crippen LogP contribution in [0.25, 0.3) is 0 Å². The van der Waals surface area contributed by atoms with Crippen LogP contribution in [0.1, 0.15) is 6.42 Å². The molecule has 0 aromatic carbocycles. The van der Waals surface area contributed by atoms with Crippen LogP contribution in [0.3, 0.4) is 0 Å². The van der Waals surface area contributed by atoms with Gasteiger partial charge in [0.15, 0.2) is 9.84 Å². The number of carboxylic acids is 1. The fourth-order valence-corrected chi connectivity index (χ4v) is 7.05. The summed E-state index contributed by atoms with van der Waals surface area (Å²) in [5, 5.41) is 7.83. The Bertz CT molecular complexity index is 577. The van der Waals surface area contributed by atoms with Gasteiger partial charge < -0.3 is 5.11 Å². The number of aliphatic carboxylic acids is 1. The molecule has 0 aliphatic carbocycles. The van der Waals surface area contributed by atoms with Crippen LogP contribution >= 0.6 is 0 Å². The average Bonchev–Trinajstić information content (AvgIpc) is 2.70.